The van der Waals surface area contributed by atoms with Crippen LogP contribution in [0.25, 0.3) is 22.0 Å². The Morgan fingerprint density at radius 1 is 1.15 bits per heavy atom. The van der Waals surface area contributed by atoms with Crippen LogP contribution in [-0.2, 0) is 23.7 Å². The average molecular weight is 575 g/mol. The predicted octanol–water partition coefficient (Wildman–Crippen LogP) is 3.55. The van der Waals surface area contributed by atoms with Gasteiger partial charge in [0.2, 0.25) is 0 Å². The summed E-state index contributed by atoms with van der Waals surface area (Å²) in [5, 5.41) is 19.9. The first-order valence-corrected chi connectivity index (χ1v) is 13.5. The summed E-state index contributed by atoms with van der Waals surface area (Å²) in [5.41, 5.74) is 7.79. The molecule has 0 unspecified atom stereocenters. The molecule has 0 aliphatic heterocycles. The van der Waals surface area contributed by atoms with E-state index in [2.05, 4.69) is 26.6 Å². The number of anilines is 1. The van der Waals surface area contributed by atoms with Crippen molar-refractivity contribution in [3.63, 3.8) is 0 Å². The zero-order valence-electron chi connectivity index (χ0n) is 21.1. The zero-order valence-corrected chi connectivity index (χ0v) is 22.7. The lowest BCUT2D eigenvalue weighted by Gasteiger charge is -2.18. The highest BCUT2D eigenvalue weighted by Crippen LogP contribution is 2.39. The minimum absolute atomic E-state index is 0.0391. The van der Waals surface area contributed by atoms with Gasteiger partial charge in [-0.3, -0.25) is 9.40 Å². The molecule has 0 aliphatic carbocycles. The Kier molecular flexibility index (Phi) is 7.66. The largest absolute Gasteiger partial charge is 0.378 e. The monoisotopic (exact) mass is 574 g/mol. The molecule has 13 heteroatoms. The van der Waals surface area contributed by atoms with Crippen LogP contribution in [0.2, 0.25) is 5.02 Å². The molecule has 4 aromatic rings. The van der Waals surface area contributed by atoms with Crippen LogP contribution in [0.1, 0.15) is 36.8 Å². The summed E-state index contributed by atoms with van der Waals surface area (Å²) in [6, 6.07) is 8.91. The highest BCUT2D eigenvalue weighted by atomic mass is 35.5. The third kappa shape index (κ3) is 6.70. The Morgan fingerprint density at radius 2 is 1.79 bits per heavy atom. The van der Waals surface area contributed by atoms with E-state index >= 15 is 0 Å². The number of nitrogens with two attached hydrogens (primary N) is 2. The van der Waals surface area contributed by atoms with Crippen molar-refractivity contribution < 1.29 is 22.3 Å². The number of nitrogens with zero attached hydrogens (tertiary/aromatic N) is 3. The summed E-state index contributed by atoms with van der Waals surface area (Å²) in [6.07, 6.45) is 0.0391. The molecule has 6 N–H and O–H groups in total. The standard InChI is InChI=1S/C26H25ClF2N6O3S/c1-26(2,36)9-8-17-4-5-18(23(32-17)21(30)12-14-10-15(28)13-16(29)11-14)19-6-7-20(27)22-24(19)35(3)33-25(22)34-39(31,37)38/h4-7,10-11,13,21,36H,12,30H2,1-3H3,(H,33,34)(H2,31,37,38)/t21-/m0/s1. The number of aryl methyl sites for hydroxylation is 1. The van der Waals surface area contributed by atoms with E-state index in [4.69, 9.17) is 22.5 Å². The van der Waals surface area contributed by atoms with E-state index in [1.807, 2.05) is 0 Å². The SMILES string of the molecule is Cn1nc(NS(N)(=O)=O)c2c(Cl)ccc(-c3ccc(C#CC(C)(C)O)nc3[C@@H](N)Cc3cc(F)cc(F)c3)c21. The zero-order chi connectivity index (χ0) is 28.7. The molecule has 0 radical (unpaired) electrons. The first-order chi connectivity index (χ1) is 18.1. The maximum atomic E-state index is 13.9. The van der Waals surface area contributed by atoms with E-state index in [1.165, 1.54) is 30.7 Å². The number of fused-ring (bicyclic) bond motifs is 1. The van der Waals surface area contributed by atoms with E-state index in [9.17, 15) is 22.3 Å². The minimum Gasteiger partial charge on any atom is -0.378 e. The molecule has 2 aromatic carbocycles. The molecule has 0 saturated carbocycles. The summed E-state index contributed by atoms with van der Waals surface area (Å²) >= 11 is 6.43. The molecule has 0 spiro atoms. The predicted molar refractivity (Wildman–Crippen MR) is 146 cm³/mol. The Morgan fingerprint density at radius 3 is 2.41 bits per heavy atom. The second-order valence-electron chi connectivity index (χ2n) is 9.46. The van der Waals surface area contributed by atoms with Crippen molar-refractivity contribution >= 4 is 38.5 Å². The Labute approximate surface area is 229 Å². The number of rotatable bonds is 6. The van der Waals surface area contributed by atoms with Gasteiger partial charge in [-0.05, 0) is 62.1 Å². The number of benzene rings is 2. The lowest BCUT2D eigenvalue weighted by atomic mass is 9.94. The first kappa shape index (κ1) is 28.4. The number of hydrogen-bond acceptors (Lipinski definition) is 6. The van der Waals surface area contributed by atoms with Gasteiger partial charge >= 0.3 is 0 Å². The molecule has 2 aromatic heterocycles. The van der Waals surface area contributed by atoms with Gasteiger partial charge in [0.1, 0.15) is 22.9 Å². The van der Waals surface area contributed by atoms with Crippen LogP contribution in [-0.4, -0.2) is 33.9 Å². The maximum Gasteiger partial charge on any atom is 0.297 e. The van der Waals surface area contributed by atoms with E-state index in [0.717, 1.165) is 6.07 Å². The second-order valence-corrected chi connectivity index (χ2v) is 11.2. The lowest BCUT2D eigenvalue weighted by molar-refractivity contribution is 0.143. The number of aromatic nitrogens is 3. The van der Waals surface area contributed by atoms with Gasteiger partial charge in [0.15, 0.2) is 5.82 Å². The molecule has 0 amide bonds. The summed E-state index contributed by atoms with van der Waals surface area (Å²) in [5.74, 6) is 3.97. The van der Waals surface area contributed by atoms with Crippen LogP contribution in [0, 0.1) is 23.5 Å². The van der Waals surface area contributed by atoms with Gasteiger partial charge in [0, 0.05) is 24.2 Å². The van der Waals surface area contributed by atoms with Gasteiger partial charge in [0.25, 0.3) is 10.2 Å². The van der Waals surface area contributed by atoms with Crippen molar-refractivity contribution in [3.8, 4) is 23.0 Å². The number of nitrogens with one attached hydrogen (secondary N) is 1. The molecule has 0 aliphatic rings. The van der Waals surface area contributed by atoms with Gasteiger partial charge < -0.3 is 10.8 Å². The van der Waals surface area contributed by atoms with Gasteiger partial charge in [-0.2, -0.15) is 13.5 Å². The van der Waals surface area contributed by atoms with E-state index in [0.29, 0.717) is 39.0 Å². The highest BCUT2D eigenvalue weighted by Gasteiger charge is 2.23. The van der Waals surface area contributed by atoms with Crippen molar-refractivity contribution in [2.75, 3.05) is 4.72 Å². The summed E-state index contributed by atoms with van der Waals surface area (Å²) in [7, 11) is -2.55. The Bertz CT molecular complexity index is 1740. The molecule has 204 valence electrons. The van der Waals surface area contributed by atoms with Crippen LogP contribution in [0.4, 0.5) is 14.6 Å². The number of hydrogen-bond donors (Lipinski definition) is 4. The molecule has 0 bridgehead atoms. The summed E-state index contributed by atoms with van der Waals surface area (Å²) in [4.78, 5) is 4.63. The third-order valence-electron chi connectivity index (χ3n) is 5.62. The number of halogens is 3. The van der Waals surface area contributed by atoms with Crippen LogP contribution in [0.15, 0.2) is 42.5 Å². The fraction of sp³-hybridized carbons (Fsp3) is 0.231. The normalized spacial score (nSPS) is 12.7. The fourth-order valence-corrected chi connectivity index (χ4v) is 4.81. The van der Waals surface area contributed by atoms with Crippen LogP contribution >= 0.6 is 11.6 Å². The van der Waals surface area contributed by atoms with Crippen molar-refractivity contribution in [2.45, 2.75) is 31.9 Å². The van der Waals surface area contributed by atoms with E-state index < -0.39 is 33.5 Å². The minimum atomic E-state index is -4.15. The van der Waals surface area contributed by atoms with E-state index in [-0.39, 0.29) is 17.3 Å². The third-order valence-corrected chi connectivity index (χ3v) is 6.41. The first-order valence-electron chi connectivity index (χ1n) is 11.5. The Hall–Kier alpha value is -3.60. The van der Waals surface area contributed by atoms with Crippen molar-refractivity contribution in [1.29, 1.82) is 0 Å². The van der Waals surface area contributed by atoms with Crippen molar-refractivity contribution in [2.24, 2.45) is 17.9 Å². The van der Waals surface area contributed by atoms with Crippen LogP contribution < -0.4 is 15.6 Å². The molecule has 1 atom stereocenters. The molecule has 4 rings (SSSR count). The molecule has 0 fully saturated rings. The molecule has 0 saturated heterocycles. The number of pyridine rings is 1. The lowest BCUT2D eigenvalue weighted by Crippen LogP contribution is -2.22. The van der Waals surface area contributed by atoms with Crippen molar-refractivity contribution in [1.82, 2.24) is 14.8 Å². The van der Waals surface area contributed by atoms with E-state index in [1.54, 1.807) is 31.3 Å². The maximum absolute atomic E-state index is 13.9. The second kappa shape index (κ2) is 10.5. The smallest absolute Gasteiger partial charge is 0.297 e. The topological polar surface area (TPSA) is 149 Å². The number of aliphatic hydroxyl groups is 1. The van der Waals surface area contributed by atoms with Crippen LogP contribution in [0.3, 0.4) is 0 Å². The molecular weight excluding hydrogens is 550 g/mol. The molecular formula is C26H25ClF2N6O3S. The fourth-order valence-electron chi connectivity index (χ4n) is 4.15. The van der Waals surface area contributed by atoms with Gasteiger partial charge in [-0.1, -0.05) is 23.6 Å². The van der Waals surface area contributed by atoms with Gasteiger partial charge in [0.05, 0.1) is 27.7 Å². The van der Waals surface area contributed by atoms with Gasteiger partial charge in [-0.15, -0.1) is 0 Å². The molecule has 39 heavy (non-hydrogen) atoms. The average Bonchev–Trinajstić information content (AvgIpc) is 3.12. The summed E-state index contributed by atoms with van der Waals surface area (Å²) in [6.45, 7) is 3.05. The summed E-state index contributed by atoms with van der Waals surface area (Å²) < 4.78 is 54.8. The van der Waals surface area contributed by atoms with Crippen LogP contribution in [0.5, 0.6) is 0 Å². The quantitative estimate of drug-likeness (QED) is 0.259. The Balaban J connectivity index is 1.93. The van der Waals surface area contributed by atoms with Gasteiger partial charge in [-0.25, -0.2) is 18.9 Å². The highest BCUT2D eigenvalue weighted by molar-refractivity contribution is 7.90. The molecule has 9 nitrogen and oxygen atoms in total. The van der Waals surface area contributed by atoms with Crippen molar-refractivity contribution in [3.05, 3.63) is 76.1 Å². The molecule has 2 heterocycles.